The summed E-state index contributed by atoms with van der Waals surface area (Å²) in [5, 5.41) is 3.59. The number of ether oxygens (including phenoxy) is 1. The molecule has 24 heavy (non-hydrogen) atoms. The maximum absolute atomic E-state index is 11.9. The summed E-state index contributed by atoms with van der Waals surface area (Å²) in [4.78, 5) is 37.7. The molecule has 1 aliphatic rings. The Hall–Kier alpha value is -1.90. The fourth-order valence-corrected chi connectivity index (χ4v) is 2.87. The van der Waals surface area contributed by atoms with Gasteiger partial charge in [0.05, 0.1) is 18.8 Å². The summed E-state index contributed by atoms with van der Waals surface area (Å²) in [6.45, 7) is 2.80. The highest BCUT2D eigenvalue weighted by Crippen LogP contribution is 2.42. The molecule has 12 heteroatoms. The summed E-state index contributed by atoms with van der Waals surface area (Å²) >= 11 is 0. The van der Waals surface area contributed by atoms with Crippen LogP contribution in [0, 0.1) is 6.92 Å². The van der Waals surface area contributed by atoms with Crippen LogP contribution in [0.5, 0.6) is 0 Å². The van der Waals surface area contributed by atoms with Crippen LogP contribution in [0.1, 0.15) is 25.1 Å². The third-order valence-corrected chi connectivity index (χ3v) is 5.05. The number of aromatic amines is 1. The molecular formula is C12H18N5O6P. The lowest BCUT2D eigenvalue weighted by Crippen LogP contribution is -2.33. The van der Waals surface area contributed by atoms with Crippen LogP contribution in [0.4, 0.5) is 0 Å². The number of hydrogen-bond acceptors (Lipinski definition) is 6. The minimum absolute atomic E-state index is 0.0616. The Morgan fingerprint density at radius 3 is 2.96 bits per heavy atom. The number of azide groups is 1. The monoisotopic (exact) mass is 359 g/mol. The molecule has 0 radical (unpaired) electrons. The Bertz CT molecular complexity index is 813. The van der Waals surface area contributed by atoms with E-state index in [1.807, 2.05) is 0 Å². The zero-order chi connectivity index (χ0) is 17.9. The van der Waals surface area contributed by atoms with Crippen LogP contribution in [-0.4, -0.2) is 39.4 Å². The average molecular weight is 359 g/mol. The van der Waals surface area contributed by atoms with Crippen molar-refractivity contribution in [2.45, 2.75) is 38.6 Å². The van der Waals surface area contributed by atoms with Crippen molar-refractivity contribution in [2.24, 2.45) is 5.11 Å². The van der Waals surface area contributed by atoms with Gasteiger partial charge in [-0.05, 0) is 12.5 Å². The topological polar surface area (TPSA) is 159 Å². The lowest BCUT2D eigenvalue weighted by Gasteiger charge is -2.18. The predicted octanol–water partition coefficient (Wildman–Crippen LogP) is 1.03. The number of H-pyrrole nitrogens is 1. The van der Waals surface area contributed by atoms with E-state index in [-0.39, 0.29) is 19.2 Å². The van der Waals surface area contributed by atoms with E-state index in [9.17, 15) is 19.0 Å². The van der Waals surface area contributed by atoms with Gasteiger partial charge in [0.15, 0.2) is 0 Å². The normalized spacial score (nSPS) is 25.9. The Labute approximate surface area is 136 Å². The zero-order valence-electron chi connectivity index (χ0n) is 13.2. The predicted molar refractivity (Wildman–Crippen MR) is 83.8 cm³/mol. The minimum Gasteiger partial charge on any atom is -0.352 e. The molecule has 11 nitrogen and oxygen atoms in total. The molecule has 0 aromatic carbocycles. The Balaban J connectivity index is 2.22. The number of rotatable bonds is 6. The van der Waals surface area contributed by atoms with Gasteiger partial charge in [-0.15, -0.1) is 0 Å². The molecular weight excluding hydrogens is 341 g/mol. The second-order valence-electron chi connectivity index (χ2n) is 5.37. The first kappa shape index (κ1) is 18.4. The Morgan fingerprint density at radius 2 is 2.33 bits per heavy atom. The molecule has 2 rings (SSSR count). The lowest BCUT2D eigenvalue weighted by molar-refractivity contribution is -0.0239. The number of aromatic nitrogens is 2. The molecule has 1 saturated heterocycles. The largest absolute Gasteiger partial charge is 0.352 e. The van der Waals surface area contributed by atoms with E-state index in [4.69, 9.17) is 14.8 Å². The van der Waals surface area contributed by atoms with Crippen molar-refractivity contribution in [3.8, 4) is 0 Å². The van der Waals surface area contributed by atoms with Crippen molar-refractivity contribution < 1.29 is 18.7 Å². The summed E-state index contributed by atoms with van der Waals surface area (Å²) in [6.07, 6.45) is -0.0985. The summed E-state index contributed by atoms with van der Waals surface area (Å²) < 4.78 is 23.4. The maximum Gasteiger partial charge on any atom is 0.330 e. The molecule has 1 unspecified atom stereocenters. The Kier molecular flexibility index (Phi) is 5.63. The first-order valence-corrected chi connectivity index (χ1v) is 9.01. The van der Waals surface area contributed by atoms with Crippen LogP contribution in [0.2, 0.25) is 0 Å². The van der Waals surface area contributed by atoms with Gasteiger partial charge in [0.2, 0.25) is 0 Å². The van der Waals surface area contributed by atoms with Crippen LogP contribution in [0.15, 0.2) is 20.9 Å². The van der Waals surface area contributed by atoms with Gasteiger partial charge in [-0.25, -0.2) is 4.79 Å². The third kappa shape index (κ3) is 4.14. The van der Waals surface area contributed by atoms with Gasteiger partial charge in [-0.2, -0.15) is 0 Å². The van der Waals surface area contributed by atoms with Gasteiger partial charge in [-0.1, -0.05) is 12.0 Å². The van der Waals surface area contributed by atoms with Crippen LogP contribution >= 0.6 is 7.60 Å². The van der Waals surface area contributed by atoms with Gasteiger partial charge < -0.3 is 14.2 Å². The number of aryl methyl sites for hydroxylation is 1. The van der Waals surface area contributed by atoms with Gasteiger partial charge in [-0.3, -0.25) is 18.9 Å². The molecule has 0 aliphatic carbocycles. The minimum atomic E-state index is -3.72. The molecule has 1 aromatic rings. The summed E-state index contributed by atoms with van der Waals surface area (Å²) in [5.41, 5.74) is 7.83. The van der Waals surface area contributed by atoms with Crippen molar-refractivity contribution in [1.29, 1.82) is 0 Å². The van der Waals surface area contributed by atoms with Gasteiger partial charge in [0.25, 0.3) is 5.56 Å². The zero-order valence-corrected chi connectivity index (χ0v) is 14.0. The lowest BCUT2D eigenvalue weighted by atomic mass is 10.1. The van der Waals surface area contributed by atoms with E-state index in [1.54, 1.807) is 6.92 Å². The van der Waals surface area contributed by atoms with E-state index in [0.29, 0.717) is 5.56 Å². The van der Waals surface area contributed by atoms with E-state index < -0.39 is 37.2 Å². The van der Waals surface area contributed by atoms with Crippen molar-refractivity contribution in [1.82, 2.24) is 9.55 Å². The third-order valence-electron chi connectivity index (χ3n) is 3.70. The number of nitrogens with one attached hydrogen (secondary N) is 1. The fraction of sp³-hybridized carbons (Fsp3) is 0.667. The first-order chi connectivity index (χ1) is 11.3. The fourth-order valence-electron chi connectivity index (χ4n) is 2.30. The highest BCUT2D eigenvalue weighted by Gasteiger charge is 2.37. The first-order valence-electron chi connectivity index (χ1n) is 7.25. The second kappa shape index (κ2) is 7.33. The molecule has 1 fully saturated rings. The van der Waals surface area contributed by atoms with Crippen LogP contribution in [0.3, 0.4) is 0 Å². The van der Waals surface area contributed by atoms with Crippen molar-refractivity contribution in [2.75, 3.05) is 12.8 Å². The molecule has 4 atom stereocenters. The maximum atomic E-state index is 11.9. The number of hydrogen-bond donors (Lipinski definition) is 2. The molecule has 1 aliphatic heterocycles. The molecule has 1 aromatic heterocycles. The molecule has 0 bridgehead atoms. The van der Waals surface area contributed by atoms with Crippen molar-refractivity contribution in [3.63, 3.8) is 0 Å². The second-order valence-corrected chi connectivity index (χ2v) is 7.53. The highest BCUT2D eigenvalue weighted by molar-refractivity contribution is 7.52. The summed E-state index contributed by atoms with van der Waals surface area (Å²) in [6, 6.07) is -0.670. The molecule has 132 valence electrons. The molecule has 2 heterocycles. The van der Waals surface area contributed by atoms with Crippen LogP contribution < -0.4 is 11.2 Å². The molecule has 0 saturated carbocycles. The summed E-state index contributed by atoms with van der Waals surface area (Å²) in [7, 11) is -3.72. The van der Waals surface area contributed by atoms with Crippen molar-refractivity contribution >= 4 is 7.60 Å². The highest BCUT2D eigenvalue weighted by atomic mass is 31.2. The van der Waals surface area contributed by atoms with E-state index in [2.05, 4.69) is 15.0 Å². The van der Waals surface area contributed by atoms with Gasteiger partial charge in [0.1, 0.15) is 6.23 Å². The van der Waals surface area contributed by atoms with E-state index in [1.165, 1.54) is 17.7 Å². The standard InChI is InChI=1S/C12H18N5O6P/c1-3-24(20,21)22-6-9-8(15-16-13)4-10(23-9)17-5-7(2)11(18)14-12(17)19/h5,8-10H,3-4,6H2,1-2H3,(H,20,21)(H,14,18,19)/t8-,9+,10+/m0/s1. The number of nitrogens with zero attached hydrogens (tertiary/aromatic N) is 4. The van der Waals surface area contributed by atoms with Crippen LogP contribution in [0.25, 0.3) is 10.4 Å². The summed E-state index contributed by atoms with van der Waals surface area (Å²) in [5.74, 6) is 0. The van der Waals surface area contributed by atoms with E-state index in [0.717, 1.165) is 0 Å². The molecule has 2 N–H and O–H groups in total. The average Bonchev–Trinajstić information content (AvgIpc) is 2.92. The van der Waals surface area contributed by atoms with Gasteiger partial charge in [0, 0.05) is 29.3 Å². The van der Waals surface area contributed by atoms with E-state index >= 15 is 0 Å². The Morgan fingerprint density at radius 1 is 1.62 bits per heavy atom. The van der Waals surface area contributed by atoms with Crippen LogP contribution in [-0.2, 0) is 13.8 Å². The molecule has 0 amide bonds. The molecule has 0 spiro atoms. The quantitative estimate of drug-likeness (QED) is 0.334. The van der Waals surface area contributed by atoms with Gasteiger partial charge >= 0.3 is 13.3 Å². The SMILES string of the molecule is CCP(=O)(O)OC[C@H]1O[C@@H](n2cc(C)c(=O)[nH]c2=O)C[C@@H]1N=[N+]=[N-]. The van der Waals surface area contributed by atoms with Crippen molar-refractivity contribution in [3.05, 3.63) is 43.0 Å². The smallest absolute Gasteiger partial charge is 0.330 e.